The van der Waals surface area contributed by atoms with Crippen molar-refractivity contribution in [2.75, 3.05) is 26.2 Å². The van der Waals surface area contributed by atoms with Crippen molar-refractivity contribution in [3.05, 3.63) is 22.4 Å². The van der Waals surface area contributed by atoms with Crippen molar-refractivity contribution in [3.8, 4) is 0 Å². The summed E-state index contributed by atoms with van der Waals surface area (Å²) >= 11 is 1.89. The Morgan fingerprint density at radius 3 is 2.71 bits per heavy atom. The molecule has 1 N–H and O–H groups in total. The molecular formula is C18H30N2S. The molecule has 0 amide bonds. The maximum Gasteiger partial charge on any atom is 0.0328 e. The number of thiophene rings is 1. The SMILES string of the molecule is CC1CCC(CNCC2CCN(Cc3cccs3)C2)CC1. The molecule has 3 rings (SSSR count). The number of hydrogen-bond acceptors (Lipinski definition) is 3. The zero-order valence-corrected chi connectivity index (χ0v) is 14.2. The Labute approximate surface area is 133 Å². The Morgan fingerprint density at radius 2 is 1.95 bits per heavy atom. The van der Waals surface area contributed by atoms with Gasteiger partial charge in [-0.05, 0) is 68.1 Å². The Hall–Kier alpha value is -0.380. The predicted molar refractivity (Wildman–Crippen MR) is 91.7 cm³/mol. The van der Waals surface area contributed by atoms with E-state index in [1.165, 1.54) is 63.2 Å². The van der Waals surface area contributed by atoms with Crippen molar-refractivity contribution >= 4 is 11.3 Å². The molecule has 1 unspecified atom stereocenters. The fraction of sp³-hybridized carbons (Fsp3) is 0.778. The molecule has 0 aromatic carbocycles. The van der Waals surface area contributed by atoms with Gasteiger partial charge in [0.05, 0.1) is 0 Å². The molecule has 1 aliphatic carbocycles. The van der Waals surface area contributed by atoms with E-state index in [0.29, 0.717) is 0 Å². The summed E-state index contributed by atoms with van der Waals surface area (Å²) in [6.45, 7) is 8.62. The summed E-state index contributed by atoms with van der Waals surface area (Å²) in [4.78, 5) is 4.14. The monoisotopic (exact) mass is 306 g/mol. The molecule has 2 nitrogen and oxygen atoms in total. The van der Waals surface area contributed by atoms with Gasteiger partial charge in [-0.1, -0.05) is 25.8 Å². The van der Waals surface area contributed by atoms with Crippen molar-refractivity contribution < 1.29 is 0 Å². The number of nitrogens with one attached hydrogen (secondary N) is 1. The van der Waals surface area contributed by atoms with Crippen molar-refractivity contribution in [1.29, 1.82) is 0 Å². The third-order valence-corrected chi connectivity index (χ3v) is 6.19. The highest BCUT2D eigenvalue weighted by atomic mass is 32.1. The van der Waals surface area contributed by atoms with Crippen LogP contribution in [-0.2, 0) is 6.54 Å². The van der Waals surface area contributed by atoms with Gasteiger partial charge >= 0.3 is 0 Å². The fourth-order valence-electron chi connectivity index (χ4n) is 3.87. The van der Waals surface area contributed by atoms with Crippen LogP contribution in [0.2, 0.25) is 0 Å². The molecule has 3 heteroatoms. The molecule has 1 aromatic heterocycles. The van der Waals surface area contributed by atoms with Crippen molar-refractivity contribution in [2.24, 2.45) is 17.8 Å². The molecule has 1 aromatic rings. The highest BCUT2D eigenvalue weighted by Crippen LogP contribution is 2.27. The van der Waals surface area contributed by atoms with Gasteiger partial charge in [-0.2, -0.15) is 0 Å². The van der Waals surface area contributed by atoms with E-state index in [1.54, 1.807) is 0 Å². The summed E-state index contributed by atoms with van der Waals surface area (Å²) in [5.74, 6) is 2.79. The van der Waals surface area contributed by atoms with Gasteiger partial charge in [0.25, 0.3) is 0 Å². The first-order valence-corrected chi connectivity index (χ1v) is 9.63. The third kappa shape index (κ3) is 4.80. The topological polar surface area (TPSA) is 15.3 Å². The van der Waals surface area contributed by atoms with Crippen LogP contribution in [0.25, 0.3) is 0 Å². The summed E-state index contributed by atoms with van der Waals surface area (Å²) in [6, 6.07) is 4.43. The summed E-state index contributed by atoms with van der Waals surface area (Å²) in [5.41, 5.74) is 0. The van der Waals surface area contributed by atoms with Gasteiger partial charge in [-0.15, -0.1) is 11.3 Å². The molecule has 2 aliphatic rings. The van der Waals surface area contributed by atoms with Crippen molar-refractivity contribution in [2.45, 2.75) is 45.6 Å². The summed E-state index contributed by atoms with van der Waals surface area (Å²) < 4.78 is 0. The predicted octanol–water partition coefficient (Wildman–Crippen LogP) is 3.99. The Kier molecular flexibility index (Phi) is 5.73. The van der Waals surface area contributed by atoms with Gasteiger partial charge in [0.1, 0.15) is 0 Å². The summed E-state index contributed by atoms with van der Waals surface area (Å²) in [6.07, 6.45) is 7.17. The van der Waals surface area contributed by atoms with Crippen molar-refractivity contribution in [3.63, 3.8) is 0 Å². The number of likely N-dealkylation sites (tertiary alicyclic amines) is 1. The van der Waals surface area contributed by atoms with E-state index in [-0.39, 0.29) is 0 Å². The molecule has 118 valence electrons. The lowest BCUT2D eigenvalue weighted by Gasteiger charge is -2.26. The van der Waals surface area contributed by atoms with Crippen LogP contribution in [0.3, 0.4) is 0 Å². The smallest absolute Gasteiger partial charge is 0.0328 e. The molecule has 0 bridgehead atoms. The highest BCUT2D eigenvalue weighted by Gasteiger charge is 2.23. The molecule has 1 aliphatic heterocycles. The zero-order chi connectivity index (χ0) is 14.5. The molecule has 1 saturated carbocycles. The first-order valence-electron chi connectivity index (χ1n) is 8.75. The van der Waals surface area contributed by atoms with Crippen LogP contribution in [0.15, 0.2) is 17.5 Å². The van der Waals surface area contributed by atoms with Crippen molar-refractivity contribution in [1.82, 2.24) is 10.2 Å². The molecule has 0 spiro atoms. The first kappa shape index (κ1) is 15.5. The second kappa shape index (κ2) is 7.75. The fourth-order valence-corrected chi connectivity index (χ4v) is 4.62. The molecular weight excluding hydrogens is 276 g/mol. The lowest BCUT2D eigenvalue weighted by Crippen LogP contribution is -2.31. The highest BCUT2D eigenvalue weighted by molar-refractivity contribution is 7.09. The molecule has 2 heterocycles. The largest absolute Gasteiger partial charge is 0.316 e. The van der Waals surface area contributed by atoms with Gasteiger partial charge in [-0.25, -0.2) is 0 Å². The molecule has 1 saturated heterocycles. The second-order valence-electron chi connectivity index (χ2n) is 7.25. The average Bonchev–Trinajstić information content (AvgIpc) is 3.14. The van der Waals surface area contributed by atoms with Crippen LogP contribution >= 0.6 is 11.3 Å². The minimum atomic E-state index is 0.868. The molecule has 21 heavy (non-hydrogen) atoms. The van der Waals surface area contributed by atoms with E-state index in [0.717, 1.165) is 24.3 Å². The molecule has 0 radical (unpaired) electrons. The van der Waals surface area contributed by atoms with E-state index >= 15 is 0 Å². The van der Waals surface area contributed by atoms with Crippen LogP contribution in [0.5, 0.6) is 0 Å². The van der Waals surface area contributed by atoms with Crippen LogP contribution < -0.4 is 5.32 Å². The summed E-state index contributed by atoms with van der Waals surface area (Å²) in [5, 5.41) is 5.96. The molecule has 1 atom stereocenters. The van der Waals surface area contributed by atoms with Crippen LogP contribution in [0.4, 0.5) is 0 Å². The maximum absolute atomic E-state index is 3.77. The zero-order valence-electron chi connectivity index (χ0n) is 13.4. The maximum atomic E-state index is 3.77. The van der Waals surface area contributed by atoms with Crippen LogP contribution in [0, 0.1) is 17.8 Å². The lowest BCUT2D eigenvalue weighted by molar-refractivity contribution is 0.274. The Bertz CT molecular complexity index is 395. The quantitative estimate of drug-likeness (QED) is 0.855. The average molecular weight is 307 g/mol. The number of nitrogens with zero attached hydrogens (tertiary/aromatic N) is 1. The standard InChI is InChI=1S/C18H30N2S/c1-15-4-6-16(7-5-15)11-19-12-17-8-9-20(13-17)14-18-3-2-10-21-18/h2-3,10,15-17,19H,4-9,11-14H2,1H3. The van der Waals surface area contributed by atoms with E-state index in [1.807, 2.05) is 11.3 Å². The lowest BCUT2D eigenvalue weighted by atomic mass is 9.83. The Morgan fingerprint density at radius 1 is 1.14 bits per heavy atom. The van der Waals surface area contributed by atoms with E-state index in [2.05, 4.69) is 34.7 Å². The van der Waals surface area contributed by atoms with Gasteiger partial charge < -0.3 is 5.32 Å². The van der Waals surface area contributed by atoms with Gasteiger partial charge in [0.2, 0.25) is 0 Å². The van der Waals surface area contributed by atoms with E-state index < -0.39 is 0 Å². The first-order chi connectivity index (χ1) is 10.3. The second-order valence-corrected chi connectivity index (χ2v) is 8.29. The number of rotatable bonds is 6. The minimum Gasteiger partial charge on any atom is -0.316 e. The number of hydrogen-bond donors (Lipinski definition) is 1. The molecule has 2 fully saturated rings. The summed E-state index contributed by atoms with van der Waals surface area (Å²) in [7, 11) is 0. The van der Waals surface area contributed by atoms with Gasteiger partial charge in [0.15, 0.2) is 0 Å². The normalized spacial score (nSPS) is 30.8. The van der Waals surface area contributed by atoms with Crippen LogP contribution in [-0.4, -0.2) is 31.1 Å². The van der Waals surface area contributed by atoms with Gasteiger partial charge in [-0.3, -0.25) is 4.90 Å². The van der Waals surface area contributed by atoms with E-state index in [4.69, 9.17) is 0 Å². The van der Waals surface area contributed by atoms with E-state index in [9.17, 15) is 0 Å². The third-order valence-electron chi connectivity index (χ3n) is 5.33. The van der Waals surface area contributed by atoms with Gasteiger partial charge in [0, 0.05) is 18.0 Å². The minimum absolute atomic E-state index is 0.868. The van der Waals surface area contributed by atoms with Crippen LogP contribution in [0.1, 0.15) is 43.9 Å². The Balaban J connectivity index is 1.30.